The molecule has 2 nitrogen and oxygen atoms in total. The van der Waals surface area contributed by atoms with Gasteiger partial charge in [0, 0.05) is 5.69 Å². The normalized spacial score (nSPS) is 12.7. The molecule has 46 heavy (non-hydrogen) atoms. The van der Waals surface area contributed by atoms with Crippen LogP contribution in [0.15, 0.2) is 140 Å². The average Bonchev–Trinajstić information content (AvgIpc) is 3.05. The molecule has 5 aromatic rings. The van der Waals surface area contributed by atoms with Gasteiger partial charge in [-0.3, -0.25) is 0 Å². The van der Waals surface area contributed by atoms with Crippen molar-refractivity contribution in [2.75, 3.05) is 11.5 Å². The van der Waals surface area contributed by atoms with Crippen LogP contribution in [-0.2, 0) is 18.5 Å². The van der Waals surface area contributed by atoms with Gasteiger partial charge < -0.3 is 10.6 Å². The first-order valence-electron chi connectivity index (χ1n) is 14.4. The summed E-state index contributed by atoms with van der Waals surface area (Å²) >= 11 is 5.57. The molecule has 2 N–H and O–H groups in total. The van der Waals surface area contributed by atoms with Crippen molar-refractivity contribution in [2.45, 2.75) is 24.6 Å². The quantitative estimate of drug-likeness (QED) is 0.0931. The molecule has 1 atom stereocenters. The SMILES string of the molecule is FC(F)(F)c1cc(NC(=S)N[C@H](C[P+](Cc2ccccc2)(c2ccccc2)c2ccccc2)c2ccccc2)cc(C(F)(F)F)c1. The van der Waals surface area contributed by atoms with Gasteiger partial charge in [0.25, 0.3) is 0 Å². The van der Waals surface area contributed by atoms with Crippen molar-refractivity contribution in [3.63, 3.8) is 0 Å². The lowest BCUT2D eigenvalue weighted by atomic mass is 10.1. The van der Waals surface area contributed by atoms with E-state index in [0.29, 0.717) is 18.3 Å². The Morgan fingerprint density at radius 1 is 0.609 bits per heavy atom. The van der Waals surface area contributed by atoms with Gasteiger partial charge >= 0.3 is 12.4 Å². The van der Waals surface area contributed by atoms with E-state index in [1.165, 1.54) is 0 Å². The number of thiocarbonyl (C=S) groups is 1. The van der Waals surface area contributed by atoms with Crippen LogP contribution in [0.2, 0.25) is 0 Å². The zero-order valence-corrected chi connectivity index (χ0v) is 26.1. The maximum absolute atomic E-state index is 13.6. The van der Waals surface area contributed by atoms with E-state index in [1.807, 2.05) is 84.9 Å². The van der Waals surface area contributed by atoms with Crippen molar-refractivity contribution in [2.24, 2.45) is 0 Å². The van der Waals surface area contributed by atoms with Gasteiger partial charge in [-0.15, -0.1) is 0 Å². The maximum Gasteiger partial charge on any atom is 0.416 e. The van der Waals surface area contributed by atoms with Crippen LogP contribution in [0.25, 0.3) is 0 Å². The van der Waals surface area contributed by atoms with Crippen LogP contribution in [0, 0.1) is 0 Å². The topological polar surface area (TPSA) is 24.1 Å². The second-order valence-electron chi connectivity index (χ2n) is 10.8. The molecule has 0 saturated carbocycles. The molecule has 0 fully saturated rings. The Kier molecular flexibility index (Phi) is 10.1. The minimum atomic E-state index is -4.98. The minimum Gasteiger partial charge on any atom is -0.352 e. The van der Waals surface area contributed by atoms with E-state index < -0.39 is 42.5 Å². The maximum atomic E-state index is 13.6. The summed E-state index contributed by atoms with van der Waals surface area (Å²) in [6.45, 7) is 0. The van der Waals surface area contributed by atoms with E-state index in [-0.39, 0.29) is 11.2 Å². The van der Waals surface area contributed by atoms with E-state index in [9.17, 15) is 26.3 Å². The predicted octanol–water partition coefficient (Wildman–Crippen LogP) is 9.62. The first kappa shape index (κ1) is 33.2. The van der Waals surface area contributed by atoms with Crippen molar-refractivity contribution in [1.82, 2.24) is 5.32 Å². The molecule has 0 aliphatic heterocycles. The fourth-order valence-electron chi connectivity index (χ4n) is 5.51. The lowest BCUT2D eigenvalue weighted by Gasteiger charge is -2.32. The fraction of sp³-hybridized carbons (Fsp3) is 0.139. The summed E-state index contributed by atoms with van der Waals surface area (Å²) in [5.41, 5.74) is -1.25. The Morgan fingerprint density at radius 3 is 1.50 bits per heavy atom. The van der Waals surface area contributed by atoms with E-state index in [0.717, 1.165) is 27.9 Å². The van der Waals surface area contributed by atoms with Gasteiger partial charge in [-0.25, -0.2) is 0 Å². The number of rotatable bonds is 9. The van der Waals surface area contributed by atoms with Crippen LogP contribution < -0.4 is 21.2 Å². The summed E-state index contributed by atoms with van der Waals surface area (Å²) in [6.07, 6.45) is -8.69. The van der Waals surface area contributed by atoms with Crippen LogP contribution in [-0.4, -0.2) is 11.3 Å². The molecule has 236 valence electrons. The van der Waals surface area contributed by atoms with Crippen LogP contribution in [0.5, 0.6) is 0 Å². The van der Waals surface area contributed by atoms with Gasteiger partial charge in [-0.05, 0) is 65.8 Å². The Hall–Kier alpha value is -4.20. The summed E-state index contributed by atoms with van der Waals surface area (Å²) in [5, 5.41) is 8.09. The van der Waals surface area contributed by atoms with Crippen LogP contribution in [0.4, 0.5) is 32.0 Å². The second kappa shape index (κ2) is 14.1. The van der Waals surface area contributed by atoms with Gasteiger partial charge in [-0.1, -0.05) is 97.1 Å². The first-order valence-corrected chi connectivity index (χ1v) is 16.9. The molecule has 0 spiro atoms. The van der Waals surface area contributed by atoms with Gasteiger partial charge in [0.2, 0.25) is 0 Å². The predicted molar refractivity (Wildman–Crippen MR) is 179 cm³/mol. The third-order valence-electron chi connectivity index (χ3n) is 7.64. The molecule has 0 saturated heterocycles. The van der Waals surface area contributed by atoms with Gasteiger partial charge in [-0.2, -0.15) is 26.3 Å². The molecule has 0 amide bonds. The van der Waals surface area contributed by atoms with E-state index in [2.05, 4.69) is 47.0 Å². The number of halogens is 6. The molecular formula is C36H30F6N2PS+. The highest BCUT2D eigenvalue weighted by atomic mass is 32.1. The zero-order valence-electron chi connectivity index (χ0n) is 24.4. The third-order valence-corrected chi connectivity index (χ3v) is 12.3. The monoisotopic (exact) mass is 667 g/mol. The van der Waals surface area contributed by atoms with Gasteiger partial charge in [0.05, 0.1) is 47.4 Å². The standard InChI is InChI=1S/C36H29F6N2PS/c37-35(38,39)28-21-29(36(40,41)42)23-30(22-28)43-34(46)44-33(27-15-7-2-8-16-27)25-45(31-17-9-3-10-18-31,32-19-11-4-12-20-32)24-26-13-5-1-6-14-26/h1-23,33H,24-25H2,(H-,43,44,46)/p+1/t33-/m1/s1. The third kappa shape index (κ3) is 8.14. The first-order chi connectivity index (χ1) is 21.9. The van der Waals surface area contributed by atoms with Crippen molar-refractivity contribution in [3.8, 4) is 0 Å². The number of nitrogens with one attached hydrogen (secondary N) is 2. The Morgan fingerprint density at radius 2 is 1.04 bits per heavy atom. The van der Waals surface area contributed by atoms with Crippen molar-refractivity contribution >= 4 is 40.9 Å². The van der Waals surface area contributed by atoms with Crippen molar-refractivity contribution in [3.05, 3.63) is 162 Å². The molecule has 0 aliphatic rings. The molecule has 0 radical (unpaired) electrons. The number of anilines is 1. The molecule has 0 aliphatic carbocycles. The van der Waals surface area contributed by atoms with E-state index in [4.69, 9.17) is 12.2 Å². The van der Waals surface area contributed by atoms with Gasteiger partial charge in [0.15, 0.2) is 5.11 Å². The van der Waals surface area contributed by atoms with Crippen LogP contribution in [0.3, 0.4) is 0 Å². The fourth-order valence-corrected chi connectivity index (χ4v) is 10.2. The largest absolute Gasteiger partial charge is 0.416 e. The highest BCUT2D eigenvalue weighted by molar-refractivity contribution is 7.88. The molecule has 5 aromatic carbocycles. The Balaban J connectivity index is 1.57. The van der Waals surface area contributed by atoms with Crippen molar-refractivity contribution < 1.29 is 26.3 Å². The molecule has 0 unspecified atom stereocenters. The molecule has 0 aromatic heterocycles. The van der Waals surface area contributed by atoms with E-state index >= 15 is 0 Å². The Labute approximate surface area is 269 Å². The Bertz CT molecular complexity index is 1660. The summed E-state index contributed by atoms with van der Waals surface area (Å²) < 4.78 is 81.3. The average molecular weight is 668 g/mol. The molecular weight excluding hydrogens is 637 g/mol. The molecule has 5 rings (SSSR count). The number of hydrogen-bond acceptors (Lipinski definition) is 1. The smallest absolute Gasteiger partial charge is 0.352 e. The lowest BCUT2D eigenvalue weighted by Crippen LogP contribution is -2.38. The highest BCUT2D eigenvalue weighted by Gasteiger charge is 2.45. The zero-order chi connectivity index (χ0) is 32.8. The van der Waals surface area contributed by atoms with Crippen LogP contribution >= 0.6 is 19.5 Å². The van der Waals surface area contributed by atoms with Crippen molar-refractivity contribution in [1.29, 1.82) is 0 Å². The van der Waals surface area contributed by atoms with E-state index in [1.54, 1.807) is 0 Å². The number of hydrogen-bond donors (Lipinski definition) is 2. The molecule has 10 heteroatoms. The summed E-state index contributed by atoms with van der Waals surface area (Å²) in [7, 11) is -2.29. The summed E-state index contributed by atoms with van der Waals surface area (Å²) in [5.74, 6) is 0. The number of alkyl halides is 6. The van der Waals surface area contributed by atoms with Gasteiger partial charge in [0.1, 0.15) is 0 Å². The lowest BCUT2D eigenvalue weighted by molar-refractivity contribution is -0.143. The molecule has 0 heterocycles. The van der Waals surface area contributed by atoms with Crippen LogP contribution in [0.1, 0.15) is 28.3 Å². The second-order valence-corrected chi connectivity index (χ2v) is 14.9. The summed E-state index contributed by atoms with van der Waals surface area (Å²) in [4.78, 5) is 0. The molecule has 0 bridgehead atoms. The minimum absolute atomic E-state index is 0.0938. The number of benzene rings is 5. The highest BCUT2D eigenvalue weighted by Crippen LogP contribution is 2.61. The summed E-state index contributed by atoms with van der Waals surface area (Å²) in [6, 6.07) is 40.9.